The van der Waals surface area contributed by atoms with Crippen LogP contribution in [0.4, 0.5) is 0 Å². The molecule has 0 heterocycles. The van der Waals surface area contributed by atoms with Gasteiger partial charge in [-0.2, -0.15) is 0 Å². The predicted molar refractivity (Wildman–Crippen MR) is 129 cm³/mol. The molecular weight excluding hydrogens is 433 g/mol. The summed E-state index contributed by atoms with van der Waals surface area (Å²) in [5.41, 5.74) is 4.62. The van der Waals surface area contributed by atoms with Gasteiger partial charge < -0.3 is 19.5 Å². The molecule has 0 bridgehead atoms. The smallest absolute Gasteiger partial charge is 0.180 e. The highest BCUT2D eigenvalue weighted by molar-refractivity contribution is 6.32. The van der Waals surface area contributed by atoms with Crippen molar-refractivity contribution in [1.29, 1.82) is 0 Å². The quantitative estimate of drug-likeness (QED) is 0.375. The lowest BCUT2D eigenvalue weighted by Gasteiger charge is -2.15. The van der Waals surface area contributed by atoms with Crippen molar-refractivity contribution in [3.63, 3.8) is 0 Å². The number of aryl methyl sites for hydroxylation is 1. The number of benzene rings is 3. The number of nitrogens with one attached hydrogen (secondary N) is 1. The Bertz CT molecular complexity index is 944. The summed E-state index contributed by atoms with van der Waals surface area (Å²) in [4.78, 5) is 0. The van der Waals surface area contributed by atoms with Crippen molar-refractivity contribution < 1.29 is 14.2 Å². The molecule has 3 aromatic carbocycles. The first-order valence-electron chi connectivity index (χ1n) is 9.97. The zero-order valence-electron chi connectivity index (χ0n) is 18.1. The Hall–Kier alpha value is -2.40. The van der Waals surface area contributed by atoms with E-state index in [1.807, 2.05) is 24.3 Å². The summed E-state index contributed by atoms with van der Waals surface area (Å²) < 4.78 is 16.7. The number of hydrogen-bond donors (Lipinski definition) is 1. The molecule has 31 heavy (non-hydrogen) atoms. The summed E-state index contributed by atoms with van der Waals surface area (Å²) >= 11 is 6.50. The Morgan fingerprint density at radius 1 is 0.839 bits per heavy atom. The lowest BCUT2D eigenvalue weighted by molar-refractivity contribution is 0.284. The fourth-order valence-electron chi connectivity index (χ4n) is 3.11. The Morgan fingerprint density at radius 2 is 1.52 bits per heavy atom. The van der Waals surface area contributed by atoms with Crippen LogP contribution < -0.4 is 19.5 Å². The molecule has 6 heteroatoms. The minimum absolute atomic E-state index is 0. The topological polar surface area (TPSA) is 39.7 Å². The van der Waals surface area contributed by atoms with Gasteiger partial charge in [-0.1, -0.05) is 53.6 Å². The molecule has 0 atom stereocenters. The zero-order valence-corrected chi connectivity index (χ0v) is 19.7. The Labute approximate surface area is 195 Å². The second-order valence-electron chi connectivity index (χ2n) is 7.16. The molecule has 0 spiro atoms. The van der Waals surface area contributed by atoms with Crippen molar-refractivity contribution in [1.82, 2.24) is 5.32 Å². The number of halogens is 2. The third-order valence-electron chi connectivity index (χ3n) is 4.87. The van der Waals surface area contributed by atoms with Crippen molar-refractivity contribution >= 4 is 24.0 Å². The van der Waals surface area contributed by atoms with E-state index in [1.165, 1.54) is 11.1 Å². The van der Waals surface area contributed by atoms with Gasteiger partial charge in [0.2, 0.25) is 0 Å². The van der Waals surface area contributed by atoms with E-state index in [0.29, 0.717) is 29.7 Å². The summed E-state index contributed by atoms with van der Waals surface area (Å²) in [7, 11) is 3.31. The summed E-state index contributed by atoms with van der Waals surface area (Å²) in [6.07, 6.45) is 0.937. The van der Waals surface area contributed by atoms with Crippen molar-refractivity contribution in [2.75, 3.05) is 20.8 Å². The van der Waals surface area contributed by atoms with Crippen LogP contribution in [0, 0.1) is 6.92 Å². The molecule has 1 N–H and O–H groups in total. The first kappa shape index (κ1) is 24.9. The van der Waals surface area contributed by atoms with Gasteiger partial charge in [0.1, 0.15) is 12.4 Å². The van der Waals surface area contributed by atoms with E-state index in [2.05, 4.69) is 48.6 Å². The SMILES string of the molecule is COc1ccc(CCNCc2cc(Cl)c(OCc3ccc(C)cc3)c(OC)c2)cc1.Cl. The highest BCUT2D eigenvalue weighted by Gasteiger charge is 2.12. The van der Waals surface area contributed by atoms with Gasteiger partial charge in [-0.05, 0) is 60.8 Å². The van der Waals surface area contributed by atoms with Gasteiger partial charge in [-0.3, -0.25) is 0 Å². The fourth-order valence-corrected chi connectivity index (χ4v) is 3.40. The maximum Gasteiger partial charge on any atom is 0.180 e. The first-order chi connectivity index (χ1) is 14.6. The molecular formula is C25H29Cl2NO3. The first-order valence-corrected chi connectivity index (χ1v) is 10.3. The second kappa shape index (κ2) is 12.5. The molecule has 0 aliphatic rings. The minimum Gasteiger partial charge on any atom is -0.497 e. The van der Waals surface area contributed by atoms with Crippen LogP contribution in [0.15, 0.2) is 60.7 Å². The maximum absolute atomic E-state index is 6.50. The van der Waals surface area contributed by atoms with Gasteiger partial charge in [0.15, 0.2) is 11.5 Å². The van der Waals surface area contributed by atoms with Crippen LogP contribution in [0.25, 0.3) is 0 Å². The molecule has 3 rings (SSSR count). The van der Waals surface area contributed by atoms with Crippen LogP contribution in [0.5, 0.6) is 17.2 Å². The van der Waals surface area contributed by atoms with Gasteiger partial charge in [-0.25, -0.2) is 0 Å². The van der Waals surface area contributed by atoms with Gasteiger partial charge in [0, 0.05) is 6.54 Å². The molecule has 0 saturated heterocycles. The average molecular weight is 462 g/mol. The lowest BCUT2D eigenvalue weighted by Crippen LogP contribution is -2.16. The number of rotatable bonds is 10. The van der Waals surface area contributed by atoms with Crippen LogP contribution in [0.3, 0.4) is 0 Å². The minimum atomic E-state index is 0. The summed E-state index contributed by atoms with van der Waals surface area (Å²) in [5.74, 6) is 2.08. The molecule has 0 aliphatic heterocycles. The van der Waals surface area contributed by atoms with E-state index in [4.69, 9.17) is 25.8 Å². The summed E-state index contributed by atoms with van der Waals surface area (Å²) in [5, 5.41) is 4.00. The van der Waals surface area contributed by atoms with Gasteiger partial charge in [-0.15, -0.1) is 12.4 Å². The standard InChI is InChI=1S/C25H28ClNO3.ClH/c1-18-4-6-20(7-5-18)17-30-25-23(26)14-21(15-24(25)29-3)16-27-13-12-19-8-10-22(28-2)11-9-19;/h4-11,14-15,27H,12-13,16-17H2,1-3H3;1H. The molecule has 0 radical (unpaired) electrons. The average Bonchev–Trinajstić information content (AvgIpc) is 2.77. The molecule has 0 unspecified atom stereocenters. The molecule has 0 aromatic heterocycles. The van der Waals surface area contributed by atoms with Gasteiger partial charge in [0.25, 0.3) is 0 Å². The normalized spacial score (nSPS) is 10.3. The van der Waals surface area contributed by atoms with E-state index in [9.17, 15) is 0 Å². The van der Waals surface area contributed by atoms with Gasteiger partial charge >= 0.3 is 0 Å². The van der Waals surface area contributed by atoms with E-state index in [-0.39, 0.29) is 12.4 Å². The van der Waals surface area contributed by atoms with E-state index in [0.717, 1.165) is 29.8 Å². The van der Waals surface area contributed by atoms with Crippen LogP contribution >= 0.6 is 24.0 Å². The van der Waals surface area contributed by atoms with Crippen LogP contribution in [0.1, 0.15) is 22.3 Å². The number of ether oxygens (including phenoxy) is 3. The van der Waals surface area contributed by atoms with Gasteiger partial charge in [0.05, 0.1) is 19.2 Å². The number of hydrogen-bond acceptors (Lipinski definition) is 4. The van der Waals surface area contributed by atoms with Crippen molar-refractivity contribution in [2.45, 2.75) is 26.5 Å². The molecule has 166 valence electrons. The molecule has 3 aromatic rings. The van der Waals surface area contributed by atoms with Crippen LogP contribution in [-0.2, 0) is 19.6 Å². The third kappa shape index (κ3) is 7.35. The predicted octanol–water partition coefficient (Wildman–Crippen LogP) is 6.00. The highest BCUT2D eigenvalue weighted by Crippen LogP contribution is 2.37. The molecule has 4 nitrogen and oxygen atoms in total. The molecule has 0 fully saturated rings. The lowest BCUT2D eigenvalue weighted by atomic mass is 10.1. The largest absolute Gasteiger partial charge is 0.497 e. The number of methoxy groups -OCH3 is 2. The maximum atomic E-state index is 6.50. The Kier molecular flexibility index (Phi) is 9.99. The third-order valence-corrected chi connectivity index (χ3v) is 5.15. The van der Waals surface area contributed by atoms with Crippen molar-refractivity contribution in [2.24, 2.45) is 0 Å². The Morgan fingerprint density at radius 3 is 2.16 bits per heavy atom. The molecule has 0 aliphatic carbocycles. The second-order valence-corrected chi connectivity index (χ2v) is 7.57. The van der Waals surface area contributed by atoms with E-state index in [1.54, 1.807) is 14.2 Å². The molecule has 0 amide bonds. The monoisotopic (exact) mass is 461 g/mol. The van der Waals surface area contributed by atoms with E-state index < -0.39 is 0 Å². The summed E-state index contributed by atoms with van der Waals surface area (Å²) in [6.45, 7) is 4.06. The van der Waals surface area contributed by atoms with Crippen molar-refractivity contribution in [3.8, 4) is 17.2 Å². The zero-order chi connectivity index (χ0) is 21.3. The van der Waals surface area contributed by atoms with Crippen LogP contribution in [-0.4, -0.2) is 20.8 Å². The summed E-state index contributed by atoms with van der Waals surface area (Å²) in [6, 6.07) is 20.3. The fraction of sp³-hybridized carbons (Fsp3) is 0.280. The highest BCUT2D eigenvalue weighted by atomic mass is 35.5. The van der Waals surface area contributed by atoms with Crippen molar-refractivity contribution in [3.05, 3.63) is 87.9 Å². The molecule has 0 saturated carbocycles. The van der Waals surface area contributed by atoms with E-state index >= 15 is 0 Å². The van der Waals surface area contributed by atoms with Crippen LogP contribution in [0.2, 0.25) is 5.02 Å². The Balaban J connectivity index is 0.00000341.